The lowest BCUT2D eigenvalue weighted by atomic mass is 9.99. The zero-order chi connectivity index (χ0) is 17.1. The van der Waals surface area contributed by atoms with Crippen molar-refractivity contribution >= 4 is 11.1 Å². The molecule has 0 bridgehead atoms. The number of rotatable bonds is 8. The average molecular weight is 302 g/mol. The minimum atomic E-state index is 0.902. The number of benzene rings is 1. The van der Waals surface area contributed by atoms with Crippen LogP contribution in [0.4, 0.5) is 0 Å². The minimum Gasteiger partial charge on any atom is -0.0998 e. The van der Waals surface area contributed by atoms with E-state index < -0.39 is 0 Å². The minimum absolute atomic E-state index is 0.902. The van der Waals surface area contributed by atoms with E-state index >= 15 is 0 Å². The third-order valence-corrected chi connectivity index (χ3v) is 3.29. The Bertz CT molecular complexity index is 658. The molecule has 0 fully saturated rings. The Morgan fingerprint density at radius 1 is 1.00 bits per heavy atom. The zero-order valence-corrected chi connectivity index (χ0v) is 14.3. The molecule has 0 aliphatic rings. The highest BCUT2D eigenvalue weighted by atomic mass is 14.0. The van der Waals surface area contributed by atoms with Gasteiger partial charge in [-0.15, -0.1) is 0 Å². The lowest BCUT2D eigenvalue weighted by Gasteiger charge is -2.06. The van der Waals surface area contributed by atoms with Gasteiger partial charge < -0.3 is 0 Å². The Hall–Kier alpha value is -2.60. The Morgan fingerprint density at radius 2 is 1.61 bits per heavy atom. The maximum atomic E-state index is 3.91. The van der Waals surface area contributed by atoms with E-state index in [1.54, 1.807) is 0 Å². The van der Waals surface area contributed by atoms with Crippen LogP contribution in [0, 0.1) is 0 Å². The Kier molecular flexibility index (Phi) is 8.17. The highest BCUT2D eigenvalue weighted by Gasteiger charge is 2.00. The summed E-state index contributed by atoms with van der Waals surface area (Å²) in [5.74, 6) is 0. The maximum Gasteiger partial charge on any atom is -0.0141 e. The van der Waals surface area contributed by atoms with Gasteiger partial charge in [0.2, 0.25) is 0 Å². The van der Waals surface area contributed by atoms with Crippen molar-refractivity contribution in [3.8, 4) is 0 Å². The molecule has 1 aromatic carbocycles. The number of hydrogen-bond donors (Lipinski definition) is 0. The molecular formula is C23H26. The lowest BCUT2D eigenvalue weighted by molar-refractivity contribution is 1.23. The largest absolute Gasteiger partial charge is 0.0998 e. The van der Waals surface area contributed by atoms with Gasteiger partial charge >= 0.3 is 0 Å². The van der Waals surface area contributed by atoms with Crippen LogP contribution in [0.15, 0.2) is 98.2 Å². The van der Waals surface area contributed by atoms with Crippen LogP contribution >= 0.6 is 0 Å². The Balaban J connectivity index is 3.01. The molecule has 0 radical (unpaired) electrons. The summed E-state index contributed by atoms with van der Waals surface area (Å²) < 4.78 is 0. The van der Waals surface area contributed by atoms with Gasteiger partial charge in [0.05, 0.1) is 0 Å². The molecule has 0 N–H and O–H groups in total. The lowest BCUT2D eigenvalue weighted by Crippen LogP contribution is -1.84. The summed E-state index contributed by atoms with van der Waals surface area (Å²) in [6, 6.07) is 8.49. The topological polar surface area (TPSA) is 0 Å². The third kappa shape index (κ3) is 6.36. The first-order valence-electron chi connectivity index (χ1n) is 7.82. The summed E-state index contributed by atoms with van der Waals surface area (Å²) >= 11 is 0. The first-order valence-corrected chi connectivity index (χ1v) is 7.82. The molecule has 0 aromatic heterocycles. The molecule has 0 aliphatic carbocycles. The molecule has 0 saturated carbocycles. The quantitative estimate of drug-likeness (QED) is 0.361. The van der Waals surface area contributed by atoms with Crippen LogP contribution in [-0.2, 0) is 0 Å². The monoisotopic (exact) mass is 302 g/mol. The van der Waals surface area contributed by atoms with Crippen molar-refractivity contribution < 1.29 is 0 Å². The molecule has 1 aromatic rings. The van der Waals surface area contributed by atoms with E-state index in [4.69, 9.17) is 0 Å². The van der Waals surface area contributed by atoms with Gasteiger partial charge in [-0.1, -0.05) is 98.2 Å². The summed E-state index contributed by atoms with van der Waals surface area (Å²) in [7, 11) is 0. The van der Waals surface area contributed by atoms with Crippen LogP contribution in [0.5, 0.6) is 0 Å². The average Bonchev–Trinajstić information content (AvgIpc) is 2.55. The van der Waals surface area contributed by atoms with Crippen molar-refractivity contribution in [2.45, 2.75) is 20.3 Å². The fourth-order valence-electron chi connectivity index (χ4n) is 2.13. The smallest absolute Gasteiger partial charge is 0.0141 e. The summed E-state index contributed by atoms with van der Waals surface area (Å²) in [5.41, 5.74) is 5.74. The van der Waals surface area contributed by atoms with Crippen molar-refractivity contribution in [2.24, 2.45) is 0 Å². The van der Waals surface area contributed by atoms with Crippen molar-refractivity contribution in [3.05, 3.63) is 109 Å². The highest BCUT2D eigenvalue weighted by Crippen LogP contribution is 2.21. The molecule has 0 heteroatoms. The molecule has 118 valence electrons. The maximum absolute atomic E-state index is 3.91. The van der Waals surface area contributed by atoms with Gasteiger partial charge in [-0.25, -0.2) is 0 Å². The summed E-state index contributed by atoms with van der Waals surface area (Å²) in [5, 5.41) is 0. The van der Waals surface area contributed by atoms with Gasteiger partial charge in [-0.2, -0.15) is 0 Å². The molecule has 0 spiro atoms. The first kappa shape index (κ1) is 18.4. The number of allylic oxidation sites excluding steroid dienone is 11. The van der Waals surface area contributed by atoms with E-state index in [9.17, 15) is 0 Å². The molecule has 0 atom stereocenters. The van der Waals surface area contributed by atoms with E-state index in [0.29, 0.717) is 0 Å². The van der Waals surface area contributed by atoms with Crippen LogP contribution in [0.3, 0.4) is 0 Å². The van der Waals surface area contributed by atoms with E-state index in [1.807, 2.05) is 38.2 Å². The summed E-state index contributed by atoms with van der Waals surface area (Å²) in [6.07, 6.45) is 17.0. The molecule has 0 aliphatic heterocycles. The molecule has 0 saturated heterocycles. The van der Waals surface area contributed by atoms with Gasteiger partial charge in [0.1, 0.15) is 0 Å². The normalized spacial score (nSPS) is 12.8. The first-order chi connectivity index (χ1) is 11.1. The van der Waals surface area contributed by atoms with Crippen LogP contribution in [0.1, 0.15) is 31.4 Å². The highest BCUT2D eigenvalue weighted by molar-refractivity contribution is 5.79. The van der Waals surface area contributed by atoms with Crippen molar-refractivity contribution in [1.82, 2.24) is 0 Å². The predicted octanol–water partition coefficient (Wildman–Crippen LogP) is 6.92. The van der Waals surface area contributed by atoms with Gasteiger partial charge in [0.15, 0.2) is 0 Å². The fraction of sp³-hybridized carbons (Fsp3) is 0.130. The summed E-state index contributed by atoms with van der Waals surface area (Å²) in [6.45, 7) is 15.6. The molecule has 23 heavy (non-hydrogen) atoms. The molecule has 0 nitrogen and oxygen atoms in total. The van der Waals surface area contributed by atoms with Crippen molar-refractivity contribution in [1.29, 1.82) is 0 Å². The van der Waals surface area contributed by atoms with Gasteiger partial charge in [0, 0.05) is 0 Å². The third-order valence-electron chi connectivity index (χ3n) is 3.29. The molecule has 1 rings (SSSR count). The van der Waals surface area contributed by atoms with Crippen LogP contribution < -0.4 is 0 Å². The van der Waals surface area contributed by atoms with Crippen LogP contribution in [0.2, 0.25) is 0 Å². The van der Waals surface area contributed by atoms with E-state index in [0.717, 1.165) is 28.7 Å². The SMILES string of the molecule is C=C/C=C(\C=C/C)c1ccc(/C(C=C)=C/C=C\CC(=C)C)cc1. The molecule has 0 unspecified atom stereocenters. The molecular weight excluding hydrogens is 276 g/mol. The van der Waals surface area contributed by atoms with Crippen molar-refractivity contribution in [3.63, 3.8) is 0 Å². The van der Waals surface area contributed by atoms with Gasteiger partial charge in [0.25, 0.3) is 0 Å². The van der Waals surface area contributed by atoms with Crippen LogP contribution in [-0.4, -0.2) is 0 Å². The van der Waals surface area contributed by atoms with Crippen molar-refractivity contribution in [2.75, 3.05) is 0 Å². The van der Waals surface area contributed by atoms with Gasteiger partial charge in [-0.3, -0.25) is 0 Å². The number of hydrogen-bond acceptors (Lipinski definition) is 0. The fourth-order valence-corrected chi connectivity index (χ4v) is 2.13. The van der Waals surface area contributed by atoms with E-state index in [-0.39, 0.29) is 0 Å². The van der Waals surface area contributed by atoms with E-state index in [1.165, 1.54) is 5.56 Å². The predicted molar refractivity (Wildman–Crippen MR) is 106 cm³/mol. The molecule has 0 heterocycles. The van der Waals surface area contributed by atoms with Gasteiger partial charge in [-0.05, 0) is 42.5 Å². The molecule has 0 amide bonds. The van der Waals surface area contributed by atoms with Crippen LogP contribution in [0.25, 0.3) is 11.1 Å². The second kappa shape index (κ2) is 10.2. The van der Waals surface area contributed by atoms with E-state index in [2.05, 4.69) is 68.3 Å². The second-order valence-corrected chi connectivity index (χ2v) is 5.35. The second-order valence-electron chi connectivity index (χ2n) is 5.35. The zero-order valence-electron chi connectivity index (χ0n) is 14.3. The summed E-state index contributed by atoms with van der Waals surface area (Å²) in [4.78, 5) is 0. The Labute approximate surface area is 141 Å². The Morgan fingerprint density at radius 3 is 2.09 bits per heavy atom. The standard InChI is InChI=1S/C23H26/c1-6-11-21(12-7-2)23-17-15-22(16-18-23)20(8-3)14-10-9-13-19(4)5/h6-12,14-18H,1,3-4,13H2,2,5H3/b10-9-,12-7-,20-14+,21-11+.